The normalized spacial score (nSPS) is 10.0. The van der Waals surface area contributed by atoms with E-state index in [0.717, 1.165) is 5.56 Å². The number of hydrogen-bond acceptors (Lipinski definition) is 4. The summed E-state index contributed by atoms with van der Waals surface area (Å²) >= 11 is 0. The molecule has 2 aromatic carbocycles. The van der Waals surface area contributed by atoms with Crippen molar-refractivity contribution < 1.29 is 14.3 Å². The van der Waals surface area contributed by atoms with Gasteiger partial charge in [0.05, 0.1) is 31.2 Å². The van der Waals surface area contributed by atoms with Gasteiger partial charge in [0.15, 0.2) is 5.75 Å². The van der Waals surface area contributed by atoms with Crippen molar-refractivity contribution in [1.82, 2.24) is 0 Å². The fourth-order valence-corrected chi connectivity index (χ4v) is 2.07. The highest BCUT2D eigenvalue weighted by Crippen LogP contribution is 2.29. The van der Waals surface area contributed by atoms with Gasteiger partial charge < -0.3 is 20.5 Å². The molecule has 0 aliphatic carbocycles. The van der Waals surface area contributed by atoms with Crippen LogP contribution in [-0.4, -0.2) is 20.1 Å². The van der Waals surface area contributed by atoms with Crippen LogP contribution in [0.1, 0.15) is 15.9 Å². The molecule has 0 aliphatic rings. The Hall–Kier alpha value is -2.69. The van der Waals surface area contributed by atoms with Crippen molar-refractivity contribution in [2.75, 3.05) is 25.3 Å². The van der Waals surface area contributed by atoms with Gasteiger partial charge in [-0.05, 0) is 36.8 Å². The molecule has 2 rings (SSSR count). The fourth-order valence-electron chi connectivity index (χ4n) is 2.07. The highest BCUT2D eigenvalue weighted by molar-refractivity contribution is 6.07. The second kappa shape index (κ2) is 6.17. The van der Waals surface area contributed by atoms with Crippen LogP contribution in [0.2, 0.25) is 0 Å². The summed E-state index contributed by atoms with van der Waals surface area (Å²) in [7, 11) is 3.04. The maximum absolute atomic E-state index is 12.4. The Bertz CT molecular complexity index is 669. The van der Waals surface area contributed by atoms with Gasteiger partial charge in [0, 0.05) is 0 Å². The van der Waals surface area contributed by atoms with E-state index in [-0.39, 0.29) is 5.91 Å². The second-order valence-electron chi connectivity index (χ2n) is 4.59. The molecule has 110 valence electrons. The first-order valence-corrected chi connectivity index (χ1v) is 6.45. The zero-order valence-electron chi connectivity index (χ0n) is 12.3. The summed E-state index contributed by atoms with van der Waals surface area (Å²) in [5.41, 5.74) is 8.23. The predicted molar refractivity (Wildman–Crippen MR) is 83.1 cm³/mol. The zero-order chi connectivity index (χ0) is 15.4. The lowest BCUT2D eigenvalue weighted by atomic mass is 10.1. The number of methoxy groups -OCH3 is 2. The van der Waals surface area contributed by atoms with Crippen LogP contribution in [0, 0.1) is 6.92 Å². The Morgan fingerprint density at radius 3 is 2.57 bits per heavy atom. The lowest BCUT2D eigenvalue weighted by Crippen LogP contribution is -2.14. The van der Waals surface area contributed by atoms with Crippen molar-refractivity contribution in [2.24, 2.45) is 0 Å². The van der Waals surface area contributed by atoms with Gasteiger partial charge >= 0.3 is 0 Å². The molecule has 0 unspecified atom stereocenters. The largest absolute Gasteiger partial charge is 0.495 e. The molecule has 0 bridgehead atoms. The monoisotopic (exact) mass is 286 g/mol. The van der Waals surface area contributed by atoms with E-state index >= 15 is 0 Å². The third-order valence-corrected chi connectivity index (χ3v) is 3.10. The van der Waals surface area contributed by atoms with Crippen molar-refractivity contribution in [3.63, 3.8) is 0 Å². The van der Waals surface area contributed by atoms with Crippen LogP contribution in [0.15, 0.2) is 36.4 Å². The minimum atomic E-state index is -0.303. The highest BCUT2D eigenvalue weighted by atomic mass is 16.5. The molecular formula is C16H18N2O3. The molecule has 0 aliphatic heterocycles. The molecule has 0 saturated carbocycles. The van der Waals surface area contributed by atoms with E-state index in [9.17, 15) is 4.79 Å². The van der Waals surface area contributed by atoms with Crippen molar-refractivity contribution in [3.8, 4) is 11.5 Å². The van der Waals surface area contributed by atoms with Crippen LogP contribution in [0.25, 0.3) is 0 Å². The van der Waals surface area contributed by atoms with Gasteiger partial charge in [0.1, 0.15) is 5.75 Å². The number of ether oxygens (including phenoxy) is 2. The van der Waals surface area contributed by atoms with Crippen LogP contribution >= 0.6 is 0 Å². The smallest absolute Gasteiger partial charge is 0.259 e. The summed E-state index contributed by atoms with van der Waals surface area (Å²) in [5.74, 6) is 0.654. The molecule has 0 saturated heterocycles. The predicted octanol–water partition coefficient (Wildman–Crippen LogP) is 2.85. The van der Waals surface area contributed by atoms with E-state index in [2.05, 4.69) is 5.32 Å². The number of amides is 1. The first-order chi connectivity index (χ1) is 10.1. The molecule has 0 spiro atoms. The summed E-state index contributed by atoms with van der Waals surface area (Å²) in [6.45, 7) is 1.94. The average molecular weight is 286 g/mol. The maximum atomic E-state index is 12.4. The van der Waals surface area contributed by atoms with E-state index in [4.69, 9.17) is 15.2 Å². The summed E-state index contributed by atoms with van der Waals surface area (Å²) in [4.78, 5) is 12.4. The van der Waals surface area contributed by atoms with Gasteiger partial charge in [-0.25, -0.2) is 0 Å². The van der Waals surface area contributed by atoms with E-state index < -0.39 is 0 Å². The molecule has 0 fully saturated rings. The van der Waals surface area contributed by atoms with Crippen LogP contribution in [0.5, 0.6) is 11.5 Å². The molecule has 0 radical (unpaired) electrons. The van der Waals surface area contributed by atoms with Gasteiger partial charge in [0.25, 0.3) is 5.91 Å². The lowest BCUT2D eigenvalue weighted by Gasteiger charge is -2.13. The molecule has 5 heteroatoms. The number of aryl methyl sites for hydroxylation is 1. The molecular weight excluding hydrogens is 268 g/mol. The Labute approximate surface area is 123 Å². The number of para-hydroxylation sites is 1. The Morgan fingerprint density at radius 2 is 1.90 bits per heavy atom. The Balaban J connectivity index is 2.35. The molecule has 0 aromatic heterocycles. The van der Waals surface area contributed by atoms with E-state index in [0.29, 0.717) is 28.4 Å². The molecule has 0 heterocycles. The lowest BCUT2D eigenvalue weighted by molar-refractivity contribution is 0.102. The number of benzene rings is 2. The van der Waals surface area contributed by atoms with Gasteiger partial charge in [-0.15, -0.1) is 0 Å². The summed E-state index contributed by atoms with van der Waals surface area (Å²) in [6.07, 6.45) is 0. The van der Waals surface area contributed by atoms with Crippen LogP contribution in [0.3, 0.4) is 0 Å². The second-order valence-corrected chi connectivity index (χ2v) is 4.59. The number of nitrogens with one attached hydrogen (secondary N) is 1. The first-order valence-electron chi connectivity index (χ1n) is 6.45. The van der Waals surface area contributed by atoms with Crippen molar-refractivity contribution in [2.45, 2.75) is 6.92 Å². The molecule has 1 amide bonds. The minimum absolute atomic E-state index is 0.303. The molecule has 2 aromatic rings. The average Bonchev–Trinajstić information content (AvgIpc) is 2.47. The Kier molecular flexibility index (Phi) is 4.33. The van der Waals surface area contributed by atoms with E-state index in [1.54, 1.807) is 25.3 Å². The number of anilines is 2. The SMILES string of the molecule is COc1ccc(C)cc1NC(=O)c1cccc(N)c1OC. The number of carbonyl (C=O) groups excluding carboxylic acids is 1. The zero-order valence-corrected chi connectivity index (χ0v) is 12.3. The third-order valence-electron chi connectivity index (χ3n) is 3.10. The minimum Gasteiger partial charge on any atom is -0.495 e. The van der Waals surface area contributed by atoms with E-state index in [1.807, 2.05) is 25.1 Å². The molecule has 21 heavy (non-hydrogen) atoms. The topological polar surface area (TPSA) is 73.6 Å². The van der Waals surface area contributed by atoms with Crippen molar-refractivity contribution in [3.05, 3.63) is 47.5 Å². The highest BCUT2D eigenvalue weighted by Gasteiger charge is 2.16. The number of carbonyl (C=O) groups is 1. The maximum Gasteiger partial charge on any atom is 0.259 e. The Morgan fingerprint density at radius 1 is 1.14 bits per heavy atom. The molecule has 5 nitrogen and oxygen atoms in total. The van der Waals surface area contributed by atoms with Gasteiger partial charge in [-0.2, -0.15) is 0 Å². The van der Waals surface area contributed by atoms with Crippen LogP contribution < -0.4 is 20.5 Å². The van der Waals surface area contributed by atoms with E-state index in [1.165, 1.54) is 7.11 Å². The quantitative estimate of drug-likeness (QED) is 0.848. The van der Waals surface area contributed by atoms with Crippen LogP contribution in [0.4, 0.5) is 11.4 Å². The van der Waals surface area contributed by atoms with Crippen molar-refractivity contribution >= 4 is 17.3 Å². The summed E-state index contributed by atoms with van der Waals surface area (Å²) in [6, 6.07) is 10.6. The number of nitrogens with two attached hydrogens (primary N) is 1. The van der Waals surface area contributed by atoms with Crippen LogP contribution in [-0.2, 0) is 0 Å². The van der Waals surface area contributed by atoms with Gasteiger partial charge in [0.2, 0.25) is 0 Å². The molecule has 0 atom stereocenters. The first kappa shape index (κ1) is 14.7. The summed E-state index contributed by atoms with van der Waals surface area (Å²) in [5, 5.41) is 2.82. The van der Waals surface area contributed by atoms with Crippen molar-refractivity contribution in [1.29, 1.82) is 0 Å². The number of nitrogen functional groups attached to an aromatic ring is 1. The van der Waals surface area contributed by atoms with Gasteiger partial charge in [-0.1, -0.05) is 12.1 Å². The summed E-state index contributed by atoms with van der Waals surface area (Å²) < 4.78 is 10.4. The number of hydrogen-bond donors (Lipinski definition) is 2. The third kappa shape index (κ3) is 3.08. The number of rotatable bonds is 4. The van der Waals surface area contributed by atoms with Gasteiger partial charge in [-0.3, -0.25) is 4.79 Å². The standard InChI is InChI=1S/C16H18N2O3/c1-10-7-8-14(20-2)13(9-10)18-16(19)11-5-4-6-12(17)15(11)21-3/h4-9H,17H2,1-3H3,(H,18,19). The fraction of sp³-hybridized carbons (Fsp3) is 0.188. The molecule has 3 N–H and O–H groups in total.